The van der Waals surface area contributed by atoms with Crippen molar-refractivity contribution >= 4 is 10.1 Å². The van der Waals surface area contributed by atoms with Gasteiger partial charge in [0.25, 0.3) is 10.1 Å². The van der Waals surface area contributed by atoms with Gasteiger partial charge in [-0.3, -0.25) is 4.55 Å². The molecule has 0 unspecified atom stereocenters. The Morgan fingerprint density at radius 1 is 1.24 bits per heavy atom. The van der Waals surface area contributed by atoms with Crippen molar-refractivity contribution in [3.8, 4) is 6.07 Å². The predicted molar refractivity (Wildman–Crippen MR) is 80.4 cm³/mol. The summed E-state index contributed by atoms with van der Waals surface area (Å²) in [5.74, 6) is -0.203. The molecular formula is C15H20N2O3S. The zero-order valence-corrected chi connectivity index (χ0v) is 12.7. The van der Waals surface area contributed by atoms with E-state index in [4.69, 9.17) is 4.55 Å². The molecule has 0 spiro atoms. The number of nitrogens with zero attached hydrogens (tertiary/aromatic N) is 2. The van der Waals surface area contributed by atoms with E-state index in [0.29, 0.717) is 13.0 Å². The van der Waals surface area contributed by atoms with Crippen molar-refractivity contribution in [1.29, 1.82) is 5.26 Å². The Hall–Kier alpha value is -1.42. The Balaban J connectivity index is 1.91. The van der Waals surface area contributed by atoms with Gasteiger partial charge in [-0.1, -0.05) is 30.3 Å². The summed E-state index contributed by atoms with van der Waals surface area (Å²) in [6, 6.07) is 12.3. The maximum atomic E-state index is 10.7. The summed E-state index contributed by atoms with van der Waals surface area (Å²) in [4.78, 5) is 2.16. The largest absolute Gasteiger partial charge is 0.303 e. The van der Waals surface area contributed by atoms with Gasteiger partial charge in [0.1, 0.15) is 0 Å². The Morgan fingerprint density at radius 2 is 1.86 bits per heavy atom. The topological polar surface area (TPSA) is 81.4 Å². The fourth-order valence-electron chi connectivity index (χ4n) is 2.85. The van der Waals surface area contributed by atoms with Gasteiger partial charge in [0, 0.05) is 0 Å². The number of hydrogen-bond donors (Lipinski definition) is 1. The fraction of sp³-hybridized carbons (Fsp3) is 0.533. The van der Waals surface area contributed by atoms with Crippen LogP contribution in [0.4, 0.5) is 0 Å². The first-order valence-corrected chi connectivity index (χ1v) is 8.70. The Morgan fingerprint density at radius 3 is 2.38 bits per heavy atom. The van der Waals surface area contributed by atoms with Crippen LogP contribution in [-0.4, -0.2) is 43.3 Å². The lowest BCUT2D eigenvalue weighted by molar-refractivity contribution is 0.186. The first-order chi connectivity index (χ1) is 9.95. The van der Waals surface area contributed by atoms with Crippen molar-refractivity contribution in [2.24, 2.45) is 0 Å². The monoisotopic (exact) mass is 308 g/mol. The third-order valence-corrected chi connectivity index (χ3v) is 4.93. The molecule has 21 heavy (non-hydrogen) atoms. The maximum absolute atomic E-state index is 10.7. The molecule has 5 nitrogen and oxygen atoms in total. The van der Waals surface area contributed by atoms with Crippen molar-refractivity contribution < 1.29 is 13.0 Å². The molecule has 1 fully saturated rings. The molecule has 1 N–H and O–H groups in total. The van der Waals surface area contributed by atoms with Crippen molar-refractivity contribution in [3.05, 3.63) is 35.9 Å². The van der Waals surface area contributed by atoms with Crippen LogP contribution in [0.3, 0.4) is 0 Å². The minimum absolute atomic E-state index is 0.203. The molecule has 6 heteroatoms. The van der Waals surface area contributed by atoms with E-state index in [1.165, 1.54) is 0 Å². The standard InChI is InChI=1S/C15H20N2O3S/c16-13-15(14-5-2-1-3-6-14)7-10-17(11-8-15)9-4-12-21(18,19)20/h1-3,5-6H,4,7-12H2,(H,18,19,20). The molecule has 1 aliphatic rings. The summed E-state index contributed by atoms with van der Waals surface area (Å²) < 4.78 is 30.1. The first-order valence-electron chi connectivity index (χ1n) is 7.09. The number of hydrogen-bond acceptors (Lipinski definition) is 4. The summed E-state index contributed by atoms with van der Waals surface area (Å²) in [6.45, 7) is 2.18. The van der Waals surface area contributed by atoms with Gasteiger partial charge in [0.2, 0.25) is 0 Å². The number of piperidine rings is 1. The van der Waals surface area contributed by atoms with Gasteiger partial charge in [-0.25, -0.2) is 0 Å². The van der Waals surface area contributed by atoms with E-state index in [-0.39, 0.29) is 5.75 Å². The van der Waals surface area contributed by atoms with Crippen molar-refractivity contribution in [2.75, 3.05) is 25.4 Å². The zero-order valence-electron chi connectivity index (χ0n) is 11.9. The summed E-state index contributed by atoms with van der Waals surface area (Å²) in [5, 5.41) is 9.58. The molecule has 2 rings (SSSR count). The van der Waals surface area contributed by atoms with Gasteiger partial charge in [0.05, 0.1) is 17.2 Å². The van der Waals surface area contributed by atoms with Crippen LogP contribution in [0.5, 0.6) is 0 Å². The van der Waals surface area contributed by atoms with E-state index in [2.05, 4.69) is 11.0 Å². The molecule has 0 aromatic heterocycles. The van der Waals surface area contributed by atoms with E-state index >= 15 is 0 Å². The van der Waals surface area contributed by atoms with Crippen molar-refractivity contribution in [3.63, 3.8) is 0 Å². The molecule has 0 saturated carbocycles. The first kappa shape index (κ1) is 16.0. The summed E-state index contributed by atoms with van der Waals surface area (Å²) in [6.07, 6.45) is 1.92. The van der Waals surface area contributed by atoms with Gasteiger partial charge >= 0.3 is 0 Å². The second-order valence-corrected chi connectivity index (χ2v) is 7.11. The molecule has 1 heterocycles. The van der Waals surface area contributed by atoms with E-state index < -0.39 is 15.5 Å². The highest BCUT2D eigenvalue weighted by molar-refractivity contribution is 7.85. The number of likely N-dealkylation sites (tertiary alicyclic amines) is 1. The van der Waals surface area contributed by atoms with Crippen LogP contribution in [0.15, 0.2) is 30.3 Å². The molecule has 114 valence electrons. The van der Waals surface area contributed by atoms with Gasteiger partial charge in [-0.05, 0) is 44.5 Å². The molecule has 0 amide bonds. The molecule has 0 radical (unpaired) electrons. The fourth-order valence-corrected chi connectivity index (χ4v) is 3.35. The number of rotatable bonds is 5. The lowest BCUT2D eigenvalue weighted by atomic mass is 9.74. The maximum Gasteiger partial charge on any atom is 0.264 e. The Labute approximate surface area is 125 Å². The highest BCUT2D eigenvalue weighted by Crippen LogP contribution is 2.34. The number of nitriles is 1. The van der Waals surface area contributed by atoms with Crippen LogP contribution >= 0.6 is 0 Å². The highest BCUT2D eigenvalue weighted by atomic mass is 32.2. The molecule has 0 bridgehead atoms. The van der Waals surface area contributed by atoms with Crippen molar-refractivity contribution in [2.45, 2.75) is 24.7 Å². The Bertz CT molecular complexity index is 600. The smallest absolute Gasteiger partial charge is 0.264 e. The SMILES string of the molecule is N#CC1(c2ccccc2)CCN(CCCS(=O)(=O)O)CC1. The second kappa shape index (κ2) is 6.56. The van der Waals surface area contributed by atoms with Crippen molar-refractivity contribution in [1.82, 2.24) is 4.90 Å². The zero-order chi connectivity index (χ0) is 15.3. The minimum Gasteiger partial charge on any atom is -0.303 e. The van der Waals surface area contributed by atoms with Gasteiger partial charge < -0.3 is 4.90 Å². The molecule has 1 aromatic carbocycles. The van der Waals surface area contributed by atoms with E-state index in [0.717, 1.165) is 31.5 Å². The summed E-state index contributed by atoms with van der Waals surface area (Å²) >= 11 is 0. The molecule has 0 aliphatic carbocycles. The lowest BCUT2D eigenvalue weighted by Crippen LogP contribution is -2.42. The Kier molecular flexibility index (Phi) is 4.99. The lowest BCUT2D eigenvalue weighted by Gasteiger charge is -2.37. The van der Waals surface area contributed by atoms with Crippen LogP contribution in [-0.2, 0) is 15.5 Å². The second-order valence-electron chi connectivity index (χ2n) is 5.54. The molecule has 1 saturated heterocycles. The summed E-state index contributed by atoms with van der Waals surface area (Å²) in [5.41, 5.74) is 0.631. The average Bonchev–Trinajstić information content (AvgIpc) is 2.48. The molecule has 1 aliphatic heterocycles. The van der Waals surface area contributed by atoms with E-state index in [9.17, 15) is 13.7 Å². The van der Waals surface area contributed by atoms with Crippen LogP contribution in [0, 0.1) is 11.3 Å². The van der Waals surface area contributed by atoms with Crippen LogP contribution < -0.4 is 0 Å². The third-order valence-electron chi connectivity index (χ3n) is 4.13. The summed E-state index contributed by atoms with van der Waals surface area (Å²) in [7, 11) is -3.87. The normalized spacial score (nSPS) is 19.0. The number of benzene rings is 1. The molecule has 0 atom stereocenters. The van der Waals surface area contributed by atoms with Crippen LogP contribution in [0.1, 0.15) is 24.8 Å². The van der Waals surface area contributed by atoms with E-state index in [1.54, 1.807) is 0 Å². The highest BCUT2D eigenvalue weighted by Gasteiger charge is 2.36. The van der Waals surface area contributed by atoms with Gasteiger partial charge in [-0.2, -0.15) is 13.7 Å². The van der Waals surface area contributed by atoms with Gasteiger partial charge in [0.15, 0.2) is 0 Å². The van der Waals surface area contributed by atoms with Crippen LogP contribution in [0.2, 0.25) is 0 Å². The van der Waals surface area contributed by atoms with Gasteiger partial charge in [-0.15, -0.1) is 0 Å². The van der Waals surface area contributed by atoms with E-state index in [1.807, 2.05) is 30.3 Å². The third kappa shape index (κ3) is 4.27. The molecular weight excluding hydrogens is 288 g/mol. The van der Waals surface area contributed by atoms with Crippen LogP contribution in [0.25, 0.3) is 0 Å². The minimum atomic E-state index is -3.87. The average molecular weight is 308 g/mol. The quantitative estimate of drug-likeness (QED) is 0.839. The predicted octanol–water partition coefficient (Wildman–Crippen LogP) is 1.82. The molecule has 1 aromatic rings.